The number of ketones is 1. The summed E-state index contributed by atoms with van der Waals surface area (Å²) >= 11 is 0. The molecule has 0 unspecified atom stereocenters. The smallest absolute Gasteiger partial charge is 0.320 e. The van der Waals surface area contributed by atoms with Crippen LogP contribution in [0.5, 0.6) is 0 Å². The number of Topliss-reactive ketones (excluding diaryl/α,β-unsaturated/α-hetero) is 1. The van der Waals surface area contributed by atoms with Gasteiger partial charge in [-0.15, -0.1) is 0 Å². The van der Waals surface area contributed by atoms with Crippen LogP contribution in [0.4, 0.5) is 4.79 Å². The highest BCUT2D eigenvalue weighted by Gasteiger charge is 2.27. The van der Waals surface area contributed by atoms with Gasteiger partial charge in [0.1, 0.15) is 5.78 Å². The predicted molar refractivity (Wildman–Crippen MR) is 54.1 cm³/mol. The molecule has 4 nitrogen and oxygen atoms in total. The lowest BCUT2D eigenvalue weighted by molar-refractivity contribution is -0.117. The van der Waals surface area contributed by atoms with Crippen LogP contribution in [0, 0.1) is 0 Å². The van der Waals surface area contributed by atoms with E-state index in [0.717, 1.165) is 13.0 Å². The van der Waals surface area contributed by atoms with Crippen molar-refractivity contribution in [2.75, 3.05) is 19.6 Å². The fourth-order valence-corrected chi connectivity index (χ4v) is 1.70. The third kappa shape index (κ3) is 2.47. The van der Waals surface area contributed by atoms with Crippen molar-refractivity contribution in [3.63, 3.8) is 0 Å². The van der Waals surface area contributed by atoms with Crippen LogP contribution in [0.2, 0.25) is 0 Å². The van der Waals surface area contributed by atoms with Crippen molar-refractivity contribution in [1.29, 1.82) is 0 Å². The summed E-state index contributed by atoms with van der Waals surface area (Å²) in [5, 5.41) is 0. The molecule has 1 aliphatic rings. The first-order valence-corrected chi connectivity index (χ1v) is 5.07. The predicted octanol–water partition coefficient (Wildman–Crippen LogP) is 1.11. The highest BCUT2D eigenvalue weighted by Crippen LogP contribution is 2.11. The van der Waals surface area contributed by atoms with Gasteiger partial charge in [0.05, 0.1) is 6.54 Å². The molecule has 0 bridgehead atoms. The zero-order chi connectivity index (χ0) is 10.7. The first-order chi connectivity index (χ1) is 6.52. The van der Waals surface area contributed by atoms with E-state index in [1.807, 2.05) is 18.7 Å². The number of rotatable bonds is 3. The molecule has 14 heavy (non-hydrogen) atoms. The van der Waals surface area contributed by atoms with Crippen LogP contribution in [-0.2, 0) is 4.79 Å². The van der Waals surface area contributed by atoms with Crippen LogP contribution in [0.3, 0.4) is 0 Å². The van der Waals surface area contributed by atoms with Crippen molar-refractivity contribution in [2.45, 2.75) is 33.2 Å². The summed E-state index contributed by atoms with van der Waals surface area (Å²) in [5.41, 5.74) is 0. The molecule has 1 rings (SSSR count). The van der Waals surface area contributed by atoms with E-state index in [4.69, 9.17) is 0 Å². The minimum atomic E-state index is 0.00134. The maximum Gasteiger partial charge on any atom is 0.320 e. The Morgan fingerprint density at radius 2 is 2.07 bits per heavy atom. The summed E-state index contributed by atoms with van der Waals surface area (Å²) in [5.74, 6) is 0.0453. The number of hydrogen-bond donors (Lipinski definition) is 0. The Bertz CT molecular complexity index is 238. The van der Waals surface area contributed by atoms with E-state index in [2.05, 4.69) is 0 Å². The number of nitrogens with zero attached hydrogens (tertiary/aromatic N) is 2. The number of urea groups is 1. The summed E-state index contributed by atoms with van der Waals surface area (Å²) in [6.45, 7) is 7.28. The number of carbonyl (C=O) groups is 2. The molecular formula is C10H18N2O2. The summed E-state index contributed by atoms with van der Waals surface area (Å²) < 4.78 is 0. The Hall–Kier alpha value is -1.06. The van der Waals surface area contributed by atoms with Crippen molar-refractivity contribution in [3.05, 3.63) is 0 Å². The van der Waals surface area contributed by atoms with Crippen LogP contribution in [0.15, 0.2) is 0 Å². The highest BCUT2D eigenvalue weighted by atomic mass is 16.2. The zero-order valence-corrected chi connectivity index (χ0v) is 9.12. The SMILES string of the molecule is CC(=O)CN1CCCN(C(C)C)C1=O. The highest BCUT2D eigenvalue weighted by molar-refractivity contribution is 5.84. The monoisotopic (exact) mass is 198 g/mol. The Kier molecular flexibility index (Phi) is 3.49. The second-order valence-corrected chi connectivity index (χ2v) is 4.05. The summed E-state index contributed by atoms with van der Waals surface area (Å²) in [7, 11) is 0. The average molecular weight is 198 g/mol. The van der Waals surface area contributed by atoms with Gasteiger partial charge < -0.3 is 9.80 Å². The van der Waals surface area contributed by atoms with E-state index in [1.165, 1.54) is 6.92 Å². The maximum absolute atomic E-state index is 11.8. The molecule has 0 radical (unpaired) electrons. The molecule has 2 amide bonds. The lowest BCUT2D eigenvalue weighted by Gasteiger charge is -2.37. The molecule has 0 saturated carbocycles. The first kappa shape index (κ1) is 11.0. The standard InChI is InChI=1S/C10H18N2O2/c1-8(2)12-6-4-5-11(10(12)14)7-9(3)13/h8H,4-7H2,1-3H3. The van der Waals surface area contributed by atoms with Crippen molar-refractivity contribution in [2.24, 2.45) is 0 Å². The van der Waals surface area contributed by atoms with Gasteiger partial charge >= 0.3 is 6.03 Å². The molecule has 1 aliphatic heterocycles. The molecule has 80 valence electrons. The van der Waals surface area contributed by atoms with Gasteiger partial charge in [0.25, 0.3) is 0 Å². The fraction of sp³-hybridized carbons (Fsp3) is 0.800. The Morgan fingerprint density at radius 1 is 1.43 bits per heavy atom. The lowest BCUT2D eigenvalue weighted by atomic mass is 10.2. The molecule has 0 aliphatic carbocycles. The van der Waals surface area contributed by atoms with Crippen LogP contribution >= 0.6 is 0 Å². The van der Waals surface area contributed by atoms with Gasteiger partial charge in [0.2, 0.25) is 0 Å². The van der Waals surface area contributed by atoms with E-state index >= 15 is 0 Å². The van der Waals surface area contributed by atoms with E-state index in [1.54, 1.807) is 4.90 Å². The van der Waals surface area contributed by atoms with Gasteiger partial charge in [-0.1, -0.05) is 0 Å². The van der Waals surface area contributed by atoms with E-state index in [9.17, 15) is 9.59 Å². The minimum Gasteiger partial charge on any atom is -0.322 e. The molecule has 0 N–H and O–H groups in total. The van der Waals surface area contributed by atoms with Crippen molar-refractivity contribution in [3.8, 4) is 0 Å². The average Bonchev–Trinajstić information content (AvgIpc) is 2.07. The summed E-state index contributed by atoms with van der Waals surface area (Å²) in [6, 6.07) is 0.221. The zero-order valence-electron chi connectivity index (χ0n) is 9.12. The molecule has 1 heterocycles. The third-order valence-corrected chi connectivity index (χ3v) is 2.38. The fourth-order valence-electron chi connectivity index (χ4n) is 1.70. The van der Waals surface area contributed by atoms with Gasteiger partial charge in [-0.2, -0.15) is 0 Å². The van der Waals surface area contributed by atoms with Gasteiger partial charge in [0, 0.05) is 19.1 Å². The van der Waals surface area contributed by atoms with Gasteiger partial charge in [0.15, 0.2) is 0 Å². The second-order valence-electron chi connectivity index (χ2n) is 4.05. The maximum atomic E-state index is 11.8. The van der Waals surface area contributed by atoms with Gasteiger partial charge in [-0.05, 0) is 27.2 Å². The molecule has 1 fully saturated rings. The topological polar surface area (TPSA) is 40.6 Å². The van der Waals surface area contributed by atoms with E-state index in [0.29, 0.717) is 6.54 Å². The van der Waals surface area contributed by atoms with Gasteiger partial charge in [-0.3, -0.25) is 4.79 Å². The molecule has 0 aromatic rings. The normalized spacial score (nSPS) is 17.9. The van der Waals surface area contributed by atoms with Crippen molar-refractivity contribution < 1.29 is 9.59 Å². The second kappa shape index (κ2) is 4.44. The summed E-state index contributed by atoms with van der Waals surface area (Å²) in [4.78, 5) is 26.2. The number of hydrogen-bond acceptors (Lipinski definition) is 2. The van der Waals surface area contributed by atoms with Crippen molar-refractivity contribution in [1.82, 2.24) is 9.80 Å². The molecule has 0 atom stereocenters. The number of carbonyl (C=O) groups excluding carboxylic acids is 2. The molecule has 4 heteroatoms. The Labute approximate surface area is 84.9 Å². The quantitative estimate of drug-likeness (QED) is 0.681. The molecule has 0 aromatic heterocycles. The van der Waals surface area contributed by atoms with Crippen LogP contribution in [0.1, 0.15) is 27.2 Å². The summed E-state index contributed by atoms with van der Waals surface area (Å²) in [6.07, 6.45) is 0.956. The van der Waals surface area contributed by atoms with Gasteiger partial charge in [-0.25, -0.2) is 4.79 Å². The lowest BCUT2D eigenvalue weighted by Crippen LogP contribution is -2.52. The van der Waals surface area contributed by atoms with E-state index < -0.39 is 0 Å². The molecular weight excluding hydrogens is 180 g/mol. The first-order valence-electron chi connectivity index (χ1n) is 5.07. The molecule has 0 aromatic carbocycles. The van der Waals surface area contributed by atoms with Crippen LogP contribution in [-0.4, -0.2) is 47.3 Å². The molecule has 0 spiro atoms. The largest absolute Gasteiger partial charge is 0.322 e. The van der Waals surface area contributed by atoms with E-state index in [-0.39, 0.29) is 24.4 Å². The Balaban J connectivity index is 2.61. The third-order valence-electron chi connectivity index (χ3n) is 2.38. The van der Waals surface area contributed by atoms with Crippen LogP contribution < -0.4 is 0 Å². The molecule has 1 saturated heterocycles. The number of amides is 2. The minimum absolute atomic E-state index is 0.00134. The van der Waals surface area contributed by atoms with Crippen LogP contribution in [0.25, 0.3) is 0 Å². The Morgan fingerprint density at radius 3 is 2.57 bits per heavy atom. The van der Waals surface area contributed by atoms with Crippen molar-refractivity contribution >= 4 is 11.8 Å².